The number of anilines is 2. The van der Waals surface area contributed by atoms with E-state index in [-0.39, 0.29) is 17.3 Å². The Bertz CT molecular complexity index is 807. The highest BCUT2D eigenvalue weighted by atomic mass is 19.2. The van der Waals surface area contributed by atoms with E-state index in [1.165, 1.54) is 14.0 Å². The van der Waals surface area contributed by atoms with Crippen LogP contribution in [0.2, 0.25) is 0 Å². The molecule has 126 valence electrons. The van der Waals surface area contributed by atoms with Crippen molar-refractivity contribution in [3.05, 3.63) is 53.1 Å². The third-order valence-corrected chi connectivity index (χ3v) is 3.24. The molecular formula is C17H16F2N2O3. The molecule has 0 saturated heterocycles. The van der Waals surface area contributed by atoms with E-state index in [9.17, 15) is 18.4 Å². The molecule has 0 aliphatic carbocycles. The van der Waals surface area contributed by atoms with E-state index in [2.05, 4.69) is 10.6 Å². The average molecular weight is 334 g/mol. The molecule has 0 radical (unpaired) electrons. The SMILES string of the molecule is COc1ccc(F)c(F)c1C(=O)Nc1cc(C)ccc1NC(C)=O. The maximum Gasteiger partial charge on any atom is 0.262 e. The monoisotopic (exact) mass is 334 g/mol. The number of ether oxygens (including phenoxy) is 1. The number of hydrogen-bond donors (Lipinski definition) is 2. The fourth-order valence-electron chi connectivity index (χ4n) is 2.16. The van der Waals surface area contributed by atoms with Crippen molar-refractivity contribution in [1.29, 1.82) is 0 Å². The number of halogens is 2. The third kappa shape index (κ3) is 3.68. The first-order chi connectivity index (χ1) is 11.3. The molecule has 0 spiro atoms. The normalized spacial score (nSPS) is 10.2. The summed E-state index contributed by atoms with van der Waals surface area (Å²) in [6.45, 7) is 3.11. The van der Waals surface area contributed by atoms with Crippen LogP contribution in [0.4, 0.5) is 20.2 Å². The van der Waals surface area contributed by atoms with Crippen molar-refractivity contribution < 1.29 is 23.1 Å². The second-order valence-electron chi connectivity index (χ2n) is 5.12. The van der Waals surface area contributed by atoms with E-state index in [0.717, 1.165) is 17.7 Å². The Morgan fingerprint density at radius 3 is 2.38 bits per heavy atom. The van der Waals surface area contributed by atoms with Gasteiger partial charge in [-0.25, -0.2) is 8.78 Å². The van der Waals surface area contributed by atoms with Gasteiger partial charge < -0.3 is 15.4 Å². The summed E-state index contributed by atoms with van der Waals surface area (Å²) in [6.07, 6.45) is 0. The quantitative estimate of drug-likeness (QED) is 0.899. The standard InChI is InChI=1S/C17H16F2N2O3/c1-9-4-6-12(20-10(2)22)13(8-9)21-17(23)15-14(24-3)7-5-11(18)16(15)19/h4-8H,1-3H3,(H,20,22)(H,21,23). The maximum absolute atomic E-state index is 14.0. The van der Waals surface area contributed by atoms with Crippen molar-refractivity contribution in [3.63, 3.8) is 0 Å². The summed E-state index contributed by atoms with van der Waals surface area (Å²) >= 11 is 0. The predicted octanol–water partition coefficient (Wildman–Crippen LogP) is 3.49. The molecule has 0 bridgehead atoms. The van der Waals surface area contributed by atoms with E-state index in [4.69, 9.17) is 4.74 Å². The van der Waals surface area contributed by atoms with Gasteiger partial charge >= 0.3 is 0 Å². The lowest BCUT2D eigenvalue weighted by atomic mass is 10.1. The highest BCUT2D eigenvalue weighted by Gasteiger charge is 2.22. The van der Waals surface area contributed by atoms with E-state index >= 15 is 0 Å². The number of aryl methyl sites for hydroxylation is 1. The van der Waals surface area contributed by atoms with Gasteiger partial charge in [-0.3, -0.25) is 9.59 Å². The molecule has 5 nitrogen and oxygen atoms in total. The molecule has 7 heteroatoms. The molecule has 2 aromatic carbocycles. The minimum absolute atomic E-state index is 0.0971. The molecule has 0 aliphatic rings. The number of nitrogens with one attached hydrogen (secondary N) is 2. The van der Waals surface area contributed by atoms with Gasteiger partial charge in [-0.1, -0.05) is 6.07 Å². The Morgan fingerprint density at radius 1 is 1.04 bits per heavy atom. The summed E-state index contributed by atoms with van der Waals surface area (Å²) in [5.41, 5.74) is 0.872. The van der Waals surface area contributed by atoms with Gasteiger partial charge in [0.15, 0.2) is 11.6 Å². The Balaban J connectivity index is 2.42. The lowest BCUT2D eigenvalue weighted by Gasteiger charge is -2.14. The fourth-order valence-corrected chi connectivity index (χ4v) is 2.16. The van der Waals surface area contributed by atoms with Gasteiger partial charge in [-0.2, -0.15) is 0 Å². The van der Waals surface area contributed by atoms with Gasteiger partial charge in [0, 0.05) is 6.92 Å². The van der Waals surface area contributed by atoms with Gasteiger partial charge in [-0.05, 0) is 36.8 Å². The molecule has 0 aromatic heterocycles. The zero-order chi connectivity index (χ0) is 17.9. The molecule has 0 atom stereocenters. The lowest BCUT2D eigenvalue weighted by molar-refractivity contribution is -0.114. The van der Waals surface area contributed by atoms with Crippen LogP contribution in [0.5, 0.6) is 5.75 Å². The summed E-state index contributed by atoms with van der Waals surface area (Å²) in [5.74, 6) is -3.78. The lowest BCUT2D eigenvalue weighted by Crippen LogP contribution is -2.18. The van der Waals surface area contributed by atoms with E-state index in [1.807, 2.05) is 0 Å². The van der Waals surface area contributed by atoms with Crippen LogP contribution >= 0.6 is 0 Å². The Morgan fingerprint density at radius 2 is 1.75 bits per heavy atom. The molecule has 24 heavy (non-hydrogen) atoms. The summed E-state index contributed by atoms with van der Waals surface area (Å²) in [4.78, 5) is 23.7. The average Bonchev–Trinajstić information content (AvgIpc) is 2.52. The molecule has 2 aromatic rings. The van der Waals surface area contributed by atoms with Crippen molar-refractivity contribution >= 4 is 23.2 Å². The number of carbonyl (C=O) groups is 2. The predicted molar refractivity (Wildman–Crippen MR) is 86.3 cm³/mol. The van der Waals surface area contributed by atoms with Gasteiger partial charge in [0.05, 0.1) is 18.5 Å². The largest absolute Gasteiger partial charge is 0.496 e. The number of carbonyl (C=O) groups excluding carboxylic acids is 2. The van der Waals surface area contributed by atoms with E-state index < -0.39 is 23.1 Å². The highest BCUT2D eigenvalue weighted by Crippen LogP contribution is 2.28. The van der Waals surface area contributed by atoms with Crippen molar-refractivity contribution in [1.82, 2.24) is 0 Å². The number of amides is 2. The molecule has 0 aliphatic heterocycles. The van der Waals surface area contributed by atoms with Crippen LogP contribution in [-0.2, 0) is 4.79 Å². The molecule has 0 fully saturated rings. The second-order valence-corrected chi connectivity index (χ2v) is 5.12. The minimum Gasteiger partial charge on any atom is -0.496 e. The summed E-state index contributed by atoms with van der Waals surface area (Å²) in [7, 11) is 1.25. The number of hydrogen-bond acceptors (Lipinski definition) is 3. The Hall–Kier alpha value is -2.96. The Kier molecular flexibility index (Phi) is 5.13. The van der Waals surface area contributed by atoms with Crippen molar-refractivity contribution in [2.75, 3.05) is 17.7 Å². The van der Waals surface area contributed by atoms with E-state index in [0.29, 0.717) is 5.69 Å². The summed E-state index contributed by atoms with van der Waals surface area (Å²) < 4.78 is 32.4. The Labute approximate surface area is 137 Å². The summed E-state index contributed by atoms with van der Waals surface area (Å²) in [6, 6.07) is 6.99. The molecule has 2 amide bonds. The molecule has 2 N–H and O–H groups in total. The second kappa shape index (κ2) is 7.08. The zero-order valence-corrected chi connectivity index (χ0v) is 13.4. The smallest absolute Gasteiger partial charge is 0.262 e. The zero-order valence-electron chi connectivity index (χ0n) is 13.4. The van der Waals surface area contributed by atoms with Gasteiger partial charge in [0.25, 0.3) is 5.91 Å². The van der Waals surface area contributed by atoms with Crippen LogP contribution in [0.15, 0.2) is 30.3 Å². The minimum atomic E-state index is -1.31. The molecule has 0 unspecified atom stereocenters. The maximum atomic E-state index is 14.0. The van der Waals surface area contributed by atoms with Gasteiger partial charge in [-0.15, -0.1) is 0 Å². The van der Waals surface area contributed by atoms with Crippen LogP contribution in [0.1, 0.15) is 22.8 Å². The van der Waals surface area contributed by atoms with Gasteiger partial charge in [0.1, 0.15) is 11.3 Å². The van der Waals surface area contributed by atoms with Crippen molar-refractivity contribution in [3.8, 4) is 5.75 Å². The van der Waals surface area contributed by atoms with Crippen LogP contribution in [-0.4, -0.2) is 18.9 Å². The first kappa shape index (κ1) is 17.4. The first-order valence-electron chi connectivity index (χ1n) is 7.05. The fraction of sp³-hybridized carbons (Fsp3) is 0.176. The van der Waals surface area contributed by atoms with Gasteiger partial charge in [0.2, 0.25) is 5.91 Å². The van der Waals surface area contributed by atoms with Crippen LogP contribution in [0.25, 0.3) is 0 Å². The first-order valence-corrected chi connectivity index (χ1v) is 7.05. The molecule has 0 heterocycles. The van der Waals surface area contributed by atoms with Crippen LogP contribution < -0.4 is 15.4 Å². The van der Waals surface area contributed by atoms with Crippen LogP contribution in [0, 0.1) is 18.6 Å². The van der Waals surface area contributed by atoms with Crippen LogP contribution in [0.3, 0.4) is 0 Å². The third-order valence-electron chi connectivity index (χ3n) is 3.24. The topological polar surface area (TPSA) is 67.4 Å². The molecule has 0 saturated carbocycles. The number of methoxy groups -OCH3 is 1. The highest BCUT2D eigenvalue weighted by molar-refractivity contribution is 6.08. The van der Waals surface area contributed by atoms with Crippen molar-refractivity contribution in [2.24, 2.45) is 0 Å². The molecular weight excluding hydrogens is 318 g/mol. The number of rotatable bonds is 4. The van der Waals surface area contributed by atoms with E-state index in [1.54, 1.807) is 25.1 Å². The number of benzene rings is 2. The van der Waals surface area contributed by atoms with Crippen molar-refractivity contribution in [2.45, 2.75) is 13.8 Å². The molecule has 2 rings (SSSR count). The summed E-state index contributed by atoms with van der Waals surface area (Å²) in [5, 5.41) is 5.03.